The Morgan fingerprint density at radius 3 is 2.77 bits per heavy atom. The average Bonchev–Trinajstić information content (AvgIpc) is 3.06. The third-order valence-electron chi connectivity index (χ3n) is 4.79. The molecule has 1 unspecified atom stereocenters. The van der Waals surface area contributed by atoms with Crippen molar-refractivity contribution in [3.05, 3.63) is 0 Å². The average molecular weight is 311 g/mol. The van der Waals surface area contributed by atoms with Crippen LogP contribution in [0.5, 0.6) is 0 Å². The maximum Gasteiger partial charge on any atom is 0.317 e. The number of amides is 2. The normalized spacial score (nSPS) is 22.7. The molecule has 2 saturated heterocycles. The second kappa shape index (κ2) is 10.1. The van der Waals surface area contributed by atoms with Crippen LogP contribution in [-0.2, 0) is 4.74 Å². The van der Waals surface area contributed by atoms with Gasteiger partial charge in [0.05, 0.1) is 6.10 Å². The Kier molecular flexibility index (Phi) is 8.02. The van der Waals surface area contributed by atoms with Crippen LogP contribution >= 0.6 is 0 Å². The van der Waals surface area contributed by atoms with Gasteiger partial charge in [-0.2, -0.15) is 0 Å². The van der Waals surface area contributed by atoms with Gasteiger partial charge >= 0.3 is 6.03 Å². The highest BCUT2D eigenvalue weighted by atomic mass is 16.5. The monoisotopic (exact) mass is 311 g/mol. The molecule has 0 aliphatic carbocycles. The van der Waals surface area contributed by atoms with E-state index in [0.717, 1.165) is 52.0 Å². The lowest BCUT2D eigenvalue weighted by Gasteiger charge is -2.25. The summed E-state index contributed by atoms with van der Waals surface area (Å²) in [4.78, 5) is 16.6. The van der Waals surface area contributed by atoms with Gasteiger partial charge in [0.1, 0.15) is 0 Å². The number of nitrogens with one attached hydrogen (secondary N) is 1. The van der Waals surface area contributed by atoms with Crippen molar-refractivity contribution >= 4 is 6.03 Å². The standard InChI is InChI=1S/C17H33N3O2/c1-2-20(14-7-13-19-11-4-5-12-19)17(21)18-10-9-16-8-3-6-15-22-16/h16H,2-15H2,1H3,(H,18,21). The molecule has 1 atom stereocenters. The lowest BCUT2D eigenvalue weighted by atomic mass is 10.1. The maximum atomic E-state index is 12.2. The van der Waals surface area contributed by atoms with Crippen LogP contribution in [-0.4, -0.2) is 67.8 Å². The topological polar surface area (TPSA) is 44.8 Å². The molecule has 128 valence electrons. The van der Waals surface area contributed by atoms with Gasteiger partial charge in [-0.15, -0.1) is 0 Å². The number of hydrogen-bond donors (Lipinski definition) is 1. The largest absolute Gasteiger partial charge is 0.378 e. The molecule has 2 amide bonds. The predicted molar refractivity (Wildman–Crippen MR) is 89.1 cm³/mol. The van der Waals surface area contributed by atoms with Gasteiger partial charge in [-0.25, -0.2) is 4.79 Å². The van der Waals surface area contributed by atoms with Crippen LogP contribution in [0, 0.1) is 0 Å². The highest BCUT2D eigenvalue weighted by Crippen LogP contribution is 2.14. The third-order valence-corrected chi connectivity index (χ3v) is 4.79. The molecule has 22 heavy (non-hydrogen) atoms. The van der Waals surface area contributed by atoms with Crippen molar-refractivity contribution in [2.75, 3.05) is 45.9 Å². The Balaban J connectivity index is 1.56. The van der Waals surface area contributed by atoms with E-state index >= 15 is 0 Å². The minimum atomic E-state index is 0.0831. The van der Waals surface area contributed by atoms with Crippen LogP contribution in [0.2, 0.25) is 0 Å². The summed E-state index contributed by atoms with van der Waals surface area (Å²) in [7, 11) is 0. The highest BCUT2D eigenvalue weighted by molar-refractivity contribution is 5.74. The van der Waals surface area contributed by atoms with Crippen LogP contribution in [0.4, 0.5) is 4.79 Å². The molecule has 2 aliphatic heterocycles. The Morgan fingerprint density at radius 1 is 1.27 bits per heavy atom. The second-order valence-corrected chi connectivity index (χ2v) is 6.49. The fourth-order valence-electron chi connectivity index (χ4n) is 3.38. The van der Waals surface area contributed by atoms with E-state index in [2.05, 4.69) is 17.1 Å². The van der Waals surface area contributed by atoms with Crippen molar-refractivity contribution < 1.29 is 9.53 Å². The summed E-state index contributed by atoms with van der Waals surface area (Å²) in [5.41, 5.74) is 0. The summed E-state index contributed by atoms with van der Waals surface area (Å²) in [6, 6.07) is 0.0831. The number of likely N-dealkylation sites (tertiary alicyclic amines) is 1. The van der Waals surface area contributed by atoms with Crippen LogP contribution < -0.4 is 5.32 Å². The summed E-state index contributed by atoms with van der Waals surface area (Å²) in [5.74, 6) is 0. The molecule has 5 heteroatoms. The van der Waals surface area contributed by atoms with Crippen molar-refractivity contribution in [2.45, 2.75) is 58.0 Å². The zero-order valence-electron chi connectivity index (χ0n) is 14.2. The van der Waals surface area contributed by atoms with Gasteiger partial charge in [-0.05, 0) is 71.5 Å². The molecule has 1 N–H and O–H groups in total. The molecule has 2 fully saturated rings. The van der Waals surface area contributed by atoms with E-state index in [1.807, 2.05) is 4.90 Å². The lowest BCUT2D eigenvalue weighted by Crippen LogP contribution is -2.42. The van der Waals surface area contributed by atoms with Crippen molar-refractivity contribution in [3.63, 3.8) is 0 Å². The Labute approximate surface area is 135 Å². The SMILES string of the molecule is CCN(CCCN1CCCC1)C(=O)NCCC1CCCCO1. The van der Waals surface area contributed by atoms with Gasteiger partial charge in [0.2, 0.25) is 0 Å². The van der Waals surface area contributed by atoms with Gasteiger partial charge < -0.3 is 19.9 Å². The Bertz CT molecular complexity index is 313. The Morgan fingerprint density at radius 2 is 2.09 bits per heavy atom. The van der Waals surface area contributed by atoms with Gasteiger partial charge in [-0.3, -0.25) is 0 Å². The van der Waals surface area contributed by atoms with E-state index in [1.165, 1.54) is 38.8 Å². The van der Waals surface area contributed by atoms with Crippen LogP contribution in [0.3, 0.4) is 0 Å². The van der Waals surface area contributed by atoms with Crippen molar-refractivity contribution in [3.8, 4) is 0 Å². The number of rotatable bonds is 8. The van der Waals surface area contributed by atoms with Crippen molar-refractivity contribution in [1.29, 1.82) is 0 Å². The molecule has 2 rings (SSSR count). The molecule has 5 nitrogen and oxygen atoms in total. The summed E-state index contributed by atoms with van der Waals surface area (Å²) < 4.78 is 5.70. The minimum Gasteiger partial charge on any atom is -0.378 e. The van der Waals surface area contributed by atoms with E-state index in [1.54, 1.807) is 0 Å². The summed E-state index contributed by atoms with van der Waals surface area (Å²) in [5, 5.41) is 3.05. The quantitative estimate of drug-likeness (QED) is 0.749. The maximum absolute atomic E-state index is 12.2. The molecule has 0 aromatic carbocycles. The van der Waals surface area contributed by atoms with Crippen LogP contribution in [0.25, 0.3) is 0 Å². The number of carbonyl (C=O) groups excluding carboxylic acids is 1. The summed E-state index contributed by atoms with van der Waals surface area (Å²) >= 11 is 0. The third kappa shape index (κ3) is 6.13. The zero-order chi connectivity index (χ0) is 15.6. The molecule has 0 aromatic rings. The smallest absolute Gasteiger partial charge is 0.317 e. The summed E-state index contributed by atoms with van der Waals surface area (Å²) in [6.45, 7) is 8.91. The number of carbonyl (C=O) groups is 1. The molecule has 2 heterocycles. The number of hydrogen-bond acceptors (Lipinski definition) is 3. The molecular formula is C17H33N3O2. The number of nitrogens with zero attached hydrogens (tertiary/aromatic N) is 2. The lowest BCUT2D eigenvalue weighted by molar-refractivity contribution is 0.0118. The number of urea groups is 1. The van der Waals surface area contributed by atoms with Gasteiger partial charge in [0.25, 0.3) is 0 Å². The van der Waals surface area contributed by atoms with E-state index in [0.29, 0.717) is 6.10 Å². The van der Waals surface area contributed by atoms with E-state index in [9.17, 15) is 4.79 Å². The molecular weight excluding hydrogens is 278 g/mol. The first-order valence-electron chi connectivity index (χ1n) is 9.16. The van der Waals surface area contributed by atoms with Crippen molar-refractivity contribution in [2.24, 2.45) is 0 Å². The number of ether oxygens (including phenoxy) is 1. The van der Waals surface area contributed by atoms with Gasteiger partial charge in [0, 0.05) is 26.2 Å². The Hall–Kier alpha value is -0.810. The predicted octanol–water partition coefficient (Wildman–Crippen LogP) is 2.46. The first-order chi connectivity index (χ1) is 10.8. The minimum absolute atomic E-state index is 0.0831. The van der Waals surface area contributed by atoms with Crippen LogP contribution in [0.1, 0.15) is 51.9 Å². The molecule has 2 aliphatic rings. The molecule has 0 spiro atoms. The van der Waals surface area contributed by atoms with Gasteiger partial charge in [0.15, 0.2) is 0 Å². The second-order valence-electron chi connectivity index (χ2n) is 6.49. The highest BCUT2D eigenvalue weighted by Gasteiger charge is 2.16. The zero-order valence-corrected chi connectivity index (χ0v) is 14.2. The van der Waals surface area contributed by atoms with Gasteiger partial charge in [-0.1, -0.05) is 0 Å². The summed E-state index contributed by atoms with van der Waals surface area (Å²) in [6.07, 6.45) is 8.62. The molecule has 0 aromatic heterocycles. The molecule has 0 radical (unpaired) electrons. The first kappa shape index (κ1) is 17.5. The fraction of sp³-hybridized carbons (Fsp3) is 0.941. The molecule has 0 saturated carbocycles. The van der Waals surface area contributed by atoms with E-state index < -0.39 is 0 Å². The fourth-order valence-corrected chi connectivity index (χ4v) is 3.38. The molecule has 0 bridgehead atoms. The van der Waals surface area contributed by atoms with E-state index in [-0.39, 0.29) is 6.03 Å². The van der Waals surface area contributed by atoms with Crippen LogP contribution in [0.15, 0.2) is 0 Å². The van der Waals surface area contributed by atoms with E-state index in [4.69, 9.17) is 4.74 Å². The van der Waals surface area contributed by atoms with Crippen molar-refractivity contribution in [1.82, 2.24) is 15.1 Å². The first-order valence-corrected chi connectivity index (χ1v) is 9.16.